The summed E-state index contributed by atoms with van der Waals surface area (Å²) in [7, 11) is 3.59. The first-order chi connectivity index (χ1) is 20.9. The zero-order chi connectivity index (χ0) is 32.3. The van der Waals surface area contributed by atoms with Crippen molar-refractivity contribution < 1.29 is 16.8 Å². The maximum absolute atomic E-state index is 11.7. The van der Waals surface area contributed by atoms with E-state index in [2.05, 4.69) is 52.0 Å². The van der Waals surface area contributed by atoms with E-state index >= 15 is 0 Å². The van der Waals surface area contributed by atoms with E-state index in [1.54, 1.807) is 24.3 Å². The summed E-state index contributed by atoms with van der Waals surface area (Å²) in [6, 6.07) is 23.4. The van der Waals surface area contributed by atoms with E-state index in [-0.39, 0.29) is 9.79 Å². The Bertz CT molecular complexity index is 1390. The minimum atomic E-state index is -3.71. The molecule has 3 aromatic carbocycles. The third-order valence-electron chi connectivity index (χ3n) is 9.13. The first kappa shape index (κ1) is 36.6. The van der Waals surface area contributed by atoms with Gasteiger partial charge >= 0.3 is 0 Å². The molecule has 8 heteroatoms. The third kappa shape index (κ3) is 10.6. The first-order valence-corrected chi connectivity index (χ1v) is 20.7. The fourth-order valence-corrected chi connectivity index (χ4v) is 8.05. The summed E-state index contributed by atoms with van der Waals surface area (Å²) in [5.41, 5.74) is 5.11. The maximum atomic E-state index is 11.7. The van der Waals surface area contributed by atoms with Gasteiger partial charge in [-0.1, -0.05) is 89.1 Å². The van der Waals surface area contributed by atoms with E-state index in [1.165, 1.54) is 11.1 Å². The van der Waals surface area contributed by atoms with Crippen LogP contribution in [0.2, 0.25) is 0 Å². The highest BCUT2D eigenvalue weighted by Crippen LogP contribution is 2.36. The minimum Gasteiger partial charge on any atom is -0.207 e. The lowest BCUT2D eigenvalue weighted by Crippen LogP contribution is -2.06. The average molecular weight is 680 g/mol. The standard InChI is InChI=1S/C36H48Cl2O4S2/c1-5-9-29(13-11-27(7-3)31-19-23-35(24-20-31)43(37,39)40)33-15-17-34(18-16-33)30(10-6-2)14-12-28(8-4)32-21-25-36(26-22-32)44(38,41)42/h15-30H,5-14H2,1-4H3. The van der Waals surface area contributed by atoms with E-state index in [1.807, 2.05) is 24.3 Å². The summed E-state index contributed by atoms with van der Waals surface area (Å²) >= 11 is 0. The molecular formula is C36H48Cl2O4S2. The number of rotatable bonds is 18. The van der Waals surface area contributed by atoms with Gasteiger partial charge in [0.1, 0.15) is 0 Å². The summed E-state index contributed by atoms with van der Waals surface area (Å²) in [6.45, 7) is 8.87. The summed E-state index contributed by atoms with van der Waals surface area (Å²) in [5, 5.41) is 0. The molecule has 44 heavy (non-hydrogen) atoms. The van der Waals surface area contributed by atoms with Gasteiger partial charge in [0.2, 0.25) is 0 Å². The van der Waals surface area contributed by atoms with Crippen molar-refractivity contribution in [2.45, 2.75) is 125 Å². The molecule has 4 nitrogen and oxygen atoms in total. The van der Waals surface area contributed by atoms with Crippen molar-refractivity contribution in [1.29, 1.82) is 0 Å². The molecule has 0 saturated heterocycles. The van der Waals surface area contributed by atoms with E-state index < -0.39 is 18.1 Å². The lowest BCUT2D eigenvalue weighted by Gasteiger charge is -2.23. The summed E-state index contributed by atoms with van der Waals surface area (Å²) in [5.74, 6) is 1.72. The maximum Gasteiger partial charge on any atom is 0.261 e. The first-order valence-electron chi connectivity index (χ1n) is 16.1. The second-order valence-corrected chi connectivity index (χ2v) is 17.1. The Labute approximate surface area is 275 Å². The van der Waals surface area contributed by atoms with Gasteiger partial charge in [0.05, 0.1) is 9.79 Å². The molecule has 0 aliphatic heterocycles. The van der Waals surface area contributed by atoms with Gasteiger partial charge in [-0.3, -0.25) is 0 Å². The van der Waals surface area contributed by atoms with Crippen LogP contribution in [0, 0.1) is 0 Å². The molecule has 242 valence electrons. The molecule has 0 fully saturated rings. The molecule has 0 radical (unpaired) electrons. The van der Waals surface area contributed by atoms with Crippen LogP contribution in [-0.2, 0) is 18.1 Å². The molecule has 0 bridgehead atoms. The monoisotopic (exact) mass is 678 g/mol. The molecule has 0 amide bonds. The predicted octanol–water partition coefficient (Wildman–Crippen LogP) is 11.3. The molecular weight excluding hydrogens is 631 g/mol. The predicted molar refractivity (Wildman–Crippen MR) is 185 cm³/mol. The molecule has 4 atom stereocenters. The van der Waals surface area contributed by atoms with Crippen LogP contribution in [0.15, 0.2) is 82.6 Å². The lowest BCUT2D eigenvalue weighted by molar-refractivity contribution is 0.488. The molecule has 0 aromatic heterocycles. The third-order valence-corrected chi connectivity index (χ3v) is 11.9. The van der Waals surface area contributed by atoms with Crippen LogP contribution in [0.3, 0.4) is 0 Å². The smallest absolute Gasteiger partial charge is 0.207 e. The molecule has 3 aromatic rings. The van der Waals surface area contributed by atoms with Crippen molar-refractivity contribution in [3.63, 3.8) is 0 Å². The zero-order valence-corrected chi connectivity index (χ0v) is 29.7. The summed E-state index contributed by atoms with van der Waals surface area (Å²) < 4.78 is 46.6. The van der Waals surface area contributed by atoms with Crippen LogP contribution in [0.25, 0.3) is 0 Å². The zero-order valence-electron chi connectivity index (χ0n) is 26.5. The Kier molecular flexibility index (Phi) is 14.3. The Balaban J connectivity index is 1.68. The average Bonchev–Trinajstić information content (AvgIpc) is 3.00. The van der Waals surface area contributed by atoms with Crippen molar-refractivity contribution in [3.05, 3.63) is 95.1 Å². The van der Waals surface area contributed by atoms with Crippen LogP contribution in [0.1, 0.15) is 138 Å². The topological polar surface area (TPSA) is 68.3 Å². The lowest BCUT2D eigenvalue weighted by atomic mass is 9.82. The molecule has 0 heterocycles. The molecule has 3 rings (SSSR count). The summed E-state index contributed by atoms with van der Waals surface area (Å²) in [6.07, 6.45) is 10.8. The van der Waals surface area contributed by atoms with E-state index in [0.29, 0.717) is 23.7 Å². The highest BCUT2D eigenvalue weighted by Gasteiger charge is 2.20. The Morgan fingerprint density at radius 2 is 0.682 bits per heavy atom. The van der Waals surface area contributed by atoms with E-state index in [9.17, 15) is 16.8 Å². The van der Waals surface area contributed by atoms with E-state index in [0.717, 1.165) is 75.3 Å². The van der Waals surface area contributed by atoms with Crippen molar-refractivity contribution in [2.24, 2.45) is 0 Å². The van der Waals surface area contributed by atoms with Crippen LogP contribution in [0.4, 0.5) is 0 Å². The van der Waals surface area contributed by atoms with Crippen molar-refractivity contribution in [3.8, 4) is 0 Å². The van der Waals surface area contributed by atoms with Crippen LogP contribution < -0.4 is 0 Å². The fraction of sp³-hybridized carbons (Fsp3) is 0.500. The molecule has 0 saturated carbocycles. The van der Waals surface area contributed by atoms with Crippen molar-refractivity contribution in [2.75, 3.05) is 0 Å². The highest BCUT2D eigenvalue weighted by molar-refractivity contribution is 8.14. The quantitative estimate of drug-likeness (QED) is 0.126. The minimum absolute atomic E-state index is 0.145. The van der Waals surface area contributed by atoms with Gasteiger partial charge in [0.15, 0.2) is 0 Å². The van der Waals surface area contributed by atoms with Gasteiger partial charge in [-0.05, 0) is 122 Å². The van der Waals surface area contributed by atoms with Gasteiger partial charge in [0.25, 0.3) is 18.1 Å². The Morgan fingerprint density at radius 3 is 0.932 bits per heavy atom. The molecule has 0 aliphatic carbocycles. The number of hydrogen-bond donors (Lipinski definition) is 0. The molecule has 4 unspecified atom stereocenters. The number of halogens is 2. The largest absolute Gasteiger partial charge is 0.261 e. The SMILES string of the molecule is CCCC(CCC(CC)c1ccc(S(=O)(=O)Cl)cc1)c1ccc(C(CCC)CCC(CC)c2ccc(S(=O)(=O)Cl)cc2)cc1. The highest BCUT2D eigenvalue weighted by atomic mass is 35.7. The second kappa shape index (κ2) is 17.2. The van der Waals surface area contributed by atoms with Crippen LogP contribution in [0.5, 0.6) is 0 Å². The molecule has 0 aliphatic rings. The van der Waals surface area contributed by atoms with Gasteiger partial charge in [-0.15, -0.1) is 0 Å². The van der Waals surface area contributed by atoms with Gasteiger partial charge < -0.3 is 0 Å². The van der Waals surface area contributed by atoms with E-state index in [4.69, 9.17) is 21.4 Å². The van der Waals surface area contributed by atoms with Crippen LogP contribution >= 0.6 is 21.4 Å². The van der Waals surface area contributed by atoms with Crippen molar-refractivity contribution >= 4 is 39.5 Å². The summed E-state index contributed by atoms with van der Waals surface area (Å²) in [4.78, 5) is 0.290. The number of hydrogen-bond acceptors (Lipinski definition) is 4. The normalized spacial score (nSPS) is 15.0. The second-order valence-electron chi connectivity index (χ2n) is 12.0. The molecule has 0 spiro atoms. The molecule has 0 N–H and O–H groups in total. The fourth-order valence-electron chi connectivity index (χ4n) is 6.52. The number of benzene rings is 3. The Hall–Kier alpha value is -1.86. The van der Waals surface area contributed by atoms with Crippen LogP contribution in [-0.4, -0.2) is 16.8 Å². The van der Waals surface area contributed by atoms with Gasteiger partial charge in [0, 0.05) is 21.4 Å². The van der Waals surface area contributed by atoms with Gasteiger partial charge in [-0.25, -0.2) is 16.8 Å². The van der Waals surface area contributed by atoms with Crippen molar-refractivity contribution in [1.82, 2.24) is 0 Å². The Morgan fingerprint density at radius 1 is 0.432 bits per heavy atom. The van der Waals surface area contributed by atoms with Gasteiger partial charge in [-0.2, -0.15) is 0 Å².